The molecule has 2 atom stereocenters. The van der Waals surface area contributed by atoms with E-state index in [9.17, 15) is 4.79 Å². The first-order chi connectivity index (χ1) is 12.7. The molecule has 0 aliphatic carbocycles. The Bertz CT molecular complexity index is 703. The second-order valence-corrected chi connectivity index (χ2v) is 6.59. The van der Waals surface area contributed by atoms with Crippen LogP contribution in [0.15, 0.2) is 54.6 Å². The molecule has 0 aromatic heterocycles. The number of carbonyl (C=O) groups is 1. The molecule has 26 heavy (non-hydrogen) atoms. The van der Waals surface area contributed by atoms with E-state index in [1.54, 1.807) is 7.11 Å². The maximum absolute atomic E-state index is 12.9. The molecule has 1 amide bonds. The van der Waals surface area contributed by atoms with E-state index in [4.69, 9.17) is 15.2 Å². The normalized spacial score (nSPS) is 19.5. The fraction of sp³-hybridized carbons (Fsp3) is 0.381. The van der Waals surface area contributed by atoms with Crippen LogP contribution in [-0.4, -0.2) is 50.8 Å². The smallest absolute Gasteiger partial charge is 0.253 e. The second-order valence-electron chi connectivity index (χ2n) is 6.59. The molecule has 0 unspecified atom stereocenters. The third-order valence-corrected chi connectivity index (χ3v) is 4.92. The maximum atomic E-state index is 12.9. The molecule has 2 N–H and O–H groups in total. The fourth-order valence-electron chi connectivity index (χ4n) is 3.47. The van der Waals surface area contributed by atoms with Gasteiger partial charge in [0.25, 0.3) is 5.91 Å². The third-order valence-electron chi connectivity index (χ3n) is 4.92. The Balaban J connectivity index is 1.66. The zero-order valence-corrected chi connectivity index (χ0v) is 15.1. The summed E-state index contributed by atoms with van der Waals surface area (Å²) in [5.74, 6) is 1.37. The molecule has 0 bridgehead atoms. The van der Waals surface area contributed by atoms with E-state index in [0.717, 1.165) is 5.75 Å². The first-order valence-corrected chi connectivity index (χ1v) is 8.99. The maximum Gasteiger partial charge on any atom is 0.253 e. The van der Waals surface area contributed by atoms with Gasteiger partial charge in [-0.2, -0.15) is 0 Å². The van der Waals surface area contributed by atoms with Crippen molar-refractivity contribution in [2.45, 2.75) is 5.92 Å². The largest absolute Gasteiger partial charge is 0.491 e. The van der Waals surface area contributed by atoms with Gasteiger partial charge in [0.15, 0.2) is 0 Å². The predicted octanol–water partition coefficient (Wildman–Crippen LogP) is 2.53. The van der Waals surface area contributed by atoms with Crippen molar-refractivity contribution in [1.82, 2.24) is 4.90 Å². The van der Waals surface area contributed by atoms with E-state index in [1.165, 1.54) is 5.56 Å². The van der Waals surface area contributed by atoms with Crippen LogP contribution in [0.3, 0.4) is 0 Å². The van der Waals surface area contributed by atoms with Crippen LogP contribution in [-0.2, 0) is 4.74 Å². The molecule has 138 valence electrons. The number of rotatable bonds is 7. The number of nitrogens with zero attached hydrogens (tertiary/aromatic N) is 1. The standard InChI is InChI=1S/C21H26N2O3/c1-25-11-12-26-19-9-7-17(8-10-19)21(24)23-14-18(13-22)20(15-23)16-5-3-2-4-6-16/h2-10,18,20H,11-15,22H2,1H3/t18-,20+/m1/s1. The highest BCUT2D eigenvalue weighted by atomic mass is 16.5. The number of methoxy groups -OCH3 is 1. The van der Waals surface area contributed by atoms with Crippen molar-refractivity contribution < 1.29 is 14.3 Å². The molecular weight excluding hydrogens is 328 g/mol. The van der Waals surface area contributed by atoms with Gasteiger partial charge in [0.05, 0.1) is 6.61 Å². The fourth-order valence-corrected chi connectivity index (χ4v) is 3.47. The third kappa shape index (κ3) is 4.23. The number of nitrogens with two attached hydrogens (primary N) is 1. The van der Waals surface area contributed by atoms with Crippen molar-refractivity contribution >= 4 is 5.91 Å². The van der Waals surface area contributed by atoms with Gasteiger partial charge in [-0.1, -0.05) is 30.3 Å². The number of amides is 1. The molecule has 0 spiro atoms. The number of hydrogen-bond acceptors (Lipinski definition) is 4. The molecule has 2 aromatic rings. The Hall–Kier alpha value is -2.37. The lowest BCUT2D eigenvalue weighted by Gasteiger charge is -2.17. The zero-order valence-electron chi connectivity index (χ0n) is 15.1. The highest BCUT2D eigenvalue weighted by Gasteiger charge is 2.35. The Morgan fingerprint density at radius 1 is 1.08 bits per heavy atom. The molecule has 0 radical (unpaired) electrons. The van der Waals surface area contributed by atoms with Gasteiger partial charge in [0.1, 0.15) is 12.4 Å². The van der Waals surface area contributed by atoms with E-state index >= 15 is 0 Å². The number of ether oxygens (including phenoxy) is 2. The summed E-state index contributed by atoms with van der Waals surface area (Å²) in [5.41, 5.74) is 7.90. The van der Waals surface area contributed by atoms with Crippen molar-refractivity contribution in [2.24, 2.45) is 11.7 Å². The first kappa shape index (κ1) is 18.4. The minimum absolute atomic E-state index is 0.0466. The number of benzene rings is 2. The lowest BCUT2D eigenvalue weighted by molar-refractivity contribution is 0.0786. The molecule has 1 saturated heterocycles. The summed E-state index contributed by atoms with van der Waals surface area (Å²) in [7, 11) is 1.64. The van der Waals surface area contributed by atoms with Gasteiger partial charge in [-0.15, -0.1) is 0 Å². The number of hydrogen-bond donors (Lipinski definition) is 1. The highest BCUT2D eigenvalue weighted by molar-refractivity contribution is 5.94. The molecule has 1 aliphatic rings. The van der Waals surface area contributed by atoms with Gasteiger partial charge in [-0.05, 0) is 42.3 Å². The van der Waals surface area contributed by atoms with Gasteiger partial charge in [-0.25, -0.2) is 0 Å². The van der Waals surface area contributed by atoms with Crippen LogP contribution in [0.5, 0.6) is 5.75 Å². The van der Waals surface area contributed by atoms with Gasteiger partial charge >= 0.3 is 0 Å². The molecule has 3 rings (SSSR count). The summed E-state index contributed by atoms with van der Waals surface area (Å²) >= 11 is 0. The van der Waals surface area contributed by atoms with Crippen LogP contribution < -0.4 is 10.5 Å². The summed E-state index contributed by atoms with van der Waals surface area (Å²) in [6.45, 7) is 3.01. The Morgan fingerprint density at radius 2 is 1.81 bits per heavy atom. The van der Waals surface area contributed by atoms with Crippen molar-refractivity contribution in [1.29, 1.82) is 0 Å². The van der Waals surface area contributed by atoms with Crippen LogP contribution in [0.1, 0.15) is 21.8 Å². The minimum Gasteiger partial charge on any atom is -0.491 e. The average Bonchev–Trinajstić information content (AvgIpc) is 3.13. The number of likely N-dealkylation sites (tertiary alicyclic amines) is 1. The van der Waals surface area contributed by atoms with Crippen LogP contribution >= 0.6 is 0 Å². The average molecular weight is 354 g/mol. The van der Waals surface area contributed by atoms with E-state index in [1.807, 2.05) is 47.4 Å². The van der Waals surface area contributed by atoms with Crippen molar-refractivity contribution in [2.75, 3.05) is 40.0 Å². The highest BCUT2D eigenvalue weighted by Crippen LogP contribution is 2.32. The quantitative estimate of drug-likeness (QED) is 0.776. The molecular formula is C21H26N2O3. The molecule has 1 aliphatic heterocycles. The van der Waals surface area contributed by atoms with Gasteiger partial charge in [-0.3, -0.25) is 4.79 Å². The summed E-state index contributed by atoms with van der Waals surface area (Å²) in [4.78, 5) is 14.8. The van der Waals surface area contributed by atoms with Crippen LogP contribution in [0.4, 0.5) is 0 Å². The lowest BCUT2D eigenvalue weighted by Crippen LogP contribution is -2.29. The van der Waals surface area contributed by atoms with Crippen molar-refractivity contribution in [3.05, 3.63) is 65.7 Å². The van der Waals surface area contributed by atoms with E-state index in [2.05, 4.69) is 12.1 Å². The lowest BCUT2D eigenvalue weighted by atomic mass is 9.89. The minimum atomic E-state index is 0.0466. The summed E-state index contributed by atoms with van der Waals surface area (Å²) < 4.78 is 10.5. The van der Waals surface area contributed by atoms with Crippen molar-refractivity contribution in [3.63, 3.8) is 0 Å². The molecule has 5 heteroatoms. The number of carbonyl (C=O) groups excluding carboxylic acids is 1. The summed E-state index contributed by atoms with van der Waals surface area (Å²) in [6, 6.07) is 17.6. The molecule has 2 aromatic carbocycles. The SMILES string of the molecule is COCCOc1ccc(C(=O)N2C[C@@H](CN)[C@H](c3ccccc3)C2)cc1. The second kappa shape index (κ2) is 8.83. The monoisotopic (exact) mass is 354 g/mol. The predicted molar refractivity (Wildman–Crippen MR) is 101 cm³/mol. The van der Waals surface area contributed by atoms with Crippen LogP contribution in [0.25, 0.3) is 0 Å². The van der Waals surface area contributed by atoms with Gasteiger partial charge < -0.3 is 20.1 Å². The van der Waals surface area contributed by atoms with Crippen LogP contribution in [0.2, 0.25) is 0 Å². The Labute approximate surface area is 154 Å². The molecule has 5 nitrogen and oxygen atoms in total. The summed E-state index contributed by atoms with van der Waals surface area (Å²) in [6.07, 6.45) is 0. The Kier molecular flexibility index (Phi) is 6.26. The van der Waals surface area contributed by atoms with Crippen LogP contribution in [0, 0.1) is 5.92 Å². The summed E-state index contributed by atoms with van der Waals surface area (Å²) in [5, 5.41) is 0. The topological polar surface area (TPSA) is 64.8 Å². The molecule has 1 heterocycles. The van der Waals surface area contributed by atoms with E-state index in [-0.39, 0.29) is 11.8 Å². The van der Waals surface area contributed by atoms with Gasteiger partial charge in [0.2, 0.25) is 0 Å². The molecule has 1 fully saturated rings. The zero-order chi connectivity index (χ0) is 18.4. The van der Waals surface area contributed by atoms with Crippen molar-refractivity contribution in [3.8, 4) is 5.75 Å². The van der Waals surface area contributed by atoms with E-state index < -0.39 is 0 Å². The Morgan fingerprint density at radius 3 is 2.46 bits per heavy atom. The van der Waals surface area contributed by atoms with E-state index in [0.29, 0.717) is 44.3 Å². The van der Waals surface area contributed by atoms with Gasteiger partial charge in [0, 0.05) is 31.7 Å². The molecule has 0 saturated carbocycles. The first-order valence-electron chi connectivity index (χ1n) is 8.99.